The predicted molar refractivity (Wildman–Crippen MR) is 263 cm³/mol. The van der Waals surface area contributed by atoms with Gasteiger partial charge in [-0.3, -0.25) is 0 Å². The van der Waals surface area contributed by atoms with E-state index in [9.17, 15) is 17.2 Å². The van der Waals surface area contributed by atoms with E-state index in [1.807, 2.05) is 0 Å². The minimum atomic E-state index is -5.86. The number of hydrogen-bond donors (Lipinski definition) is 0. The Morgan fingerprint density at radius 1 is 0.467 bits per heavy atom. The third kappa shape index (κ3) is 6.79. The molecule has 6 aromatic carbocycles. The summed E-state index contributed by atoms with van der Waals surface area (Å²) in [6, 6.07) is 48.3. The molecule has 0 aromatic heterocycles. The van der Waals surface area contributed by atoms with E-state index in [-0.39, 0.29) is 7.35 Å². The van der Waals surface area contributed by atoms with Gasteiger partial charge in [0, 0.05) is 0 Å². The summed E-state index contributed by atoms with van der Waals surface area (Å²) in [5, 5.41) is 2.98. The van der Waals surface area contributed by atoms with E-state index in [4.69, 9.17) is 0 Å². The number of halogens is 2. The van der Waals surface area contributed by atoms with Crippen LogP contribution in [-0.4, -0.2) is 9.52 Å². The third-order valence-corrected chi connectivity index (χ3v) is 45.5. The molecule has 0 saturated carbocycles. The van der Waals surface area contributed by atoms with Crippen molar-refractivity contribution < 1.29 is 16.1 Å². The molecule has 9 rings (SSSR count). The third-order valence-electron chi connectivity index (χ3n) is 13.8. The molecule has 4 heteroatoms. The van der Waals surface area contributed by atoms with Crippen molar-refractivity contribution in [2.24, 2.45) is 11.8 Å². The molecule has 0 bridgehead atoms. The molecular weight excluding hydrogens is 950 g/mol. The number of rotatable bonds is 11. The Morgan fingerprint density at radius 2 is 0.883 bits per heavy atom. The summed E-state index contributed by atoms with van der Waals surface area (Å²) in [4.78, 5) is 0. The molecule has 0 fully saturated rings. The van der Waals surface area contributed by atoms with Crippen LogP contribution in [0.5, 0.6) is 0 Å². The zero-order valence-corrected chi connectivity index (χ0v) is 43.1. The molecule has 0 N–H and O–H groups in total. The summed E-state index contributed by atoms with van der Waals surface area (Å²) in [6.45, 7) is 18.7. The first-order chi connectivity index (χ1) is 28.8. The summed E-state index contributed by atoms with van der Waals surface area (Å²) >= 11 is -5.86. The van der Waals surface area contributed by atoms with E-state index in [1.54, 1.807) is 0 Å². The van der Waals surface area contributed by atoms with E-state index in [0.29, 0.717) is 23.7 Å². The SMILES string of the molecule is CC(C)CC1=Cc2c(-c3ccccc3C(C)C)cccc2[CH]1[Hf]([Cl])([Cl])([c]1cccc2c1[SiH2]c1ccccc1-2)[CH]1C(CC(C)C)=Cc2c(-c3ccccc3C(C)C)cccc21. The molecule has 3 aliphatic rings. The van der Waals surface area contributed by atoms with E-state index in [0.717, 1.165) is 12.8 Å². The fraction of sp³-hybridized carbons (Fsp3) is 0.286. The van der Waals surface area contributed by atoms with Crippen LogP contribution in [0.2, 0.25) is 0 Å². The molecule has 1 heterocycles. The Hall–Kier alpha value is -3.53. The van der Waals surface area contributed by atoms with Gasteiger partial charge in [-0.05, 0) is 0 Å². The normalized spacial score (nSPS) is 17.8. The van der Waals surface area contributed by atoms with Gasteiger partial charge in [0.05, 0.1) is 0 Å². The standard InChI is InChI=1S/2C22H25.C12H9Si.2ClH.Hf/c2*1-15(2)12-17-13-18-8-7-11-21(22(18)14-17)20-10-6-5-9-19(20)16(3)4;1-3-7-11-9(5-1)10-6-2-4-8-12(10)13-11;;;/h2*5-11,13-16H,12H2,1-4H3;1-7H,13H2;2*1H;/q;;;;;+2/p-2. The van der Waals surface area contributed by atoms with Crippen LogP contribution in [0.3, 0.4) is 0 Å². The first-order valence-corrected chi connectivity index (χ1v) is 38.7. The second-order valence-corrected chi connectivity index (χ2v) is 50.5. The molecule has 60 heavy (non-hydrogen) atoms. The van der Waals surface area contributed by atoms with Crippen molar-refractivity contribution in [2.75, 3.05) is 0 Å². The van der Waals surface area contributed by atoms with Crippen LogP contribution in [0.1, 0.15) is 121 Å². The van der Waals surface area contributed by atoms with Crippen LogP contribution in [0.4, 0.5) is 0 Å². The van der Waals surface area contributed by atoms with Gasteiger partial charge in [-0.1, -0.05) is 0 Å². The first kappa shape index (κ1) is 41.8. The molecule has 2 unspecified atom stereocenters. The Labute approximate surface area is 370 Å². The van der Waals surface area contributed by atoms with Gasteiger partial charge in [0.2, 0.25) is 0 Å². The fourth-order valence-corrected chi connectivity index (χ4v) is 50.4. The predicted octanol–water partition coefficient (Wildman–Crippen LogP) is 14.4. The van der Waals surface area contributed by atoms with Crippen molar-refractivity contribution in [1.29, 1.82) is 0 Å². The van der Waals surface area contributed by atoms with Gasteiger partial charge < -0.3 is 0 Å². The minimum absolute atomic E-state index is 0.0868. The van der Waals surface area contributed by atoms with Crippen LogP contribution in [0.15, 0.2) is 139 Å². The fourth-order valence-electron chi connectivity index (χ4n) is 11.5. The zero-order valence-electron chi connectivity index (χ0n) is 36.6. The van der Waals surface area contributed by atoms with Crippen molar-refractivity contribution in [3.8, 4) is 33.4 Å². The van der Waals surface area contributed by atoms with Crippen molar-refractivity contribution in [3.05, 3.63) is 172 Å². The van der Waals surface area contributed by atoms with Crippen LogP contribution in [-0.2, 0) is 16.1 Å². The quantitative estimate of drug-likeness (QED) is 0.113. The van der Waals surface area contributed by atoms with Gasteiger partial charge in [0.1, 0.15) is 0 Å². The number of benzene rings is 6. The molecule has 0 amide bonds. The summed E-state index contributed by atoms with van der Waals surface area (Å²) in [5.41, 5.74) is 18.8. The van der Waals surface area contributed by atoms with Crippen LogP contribution >= 0.6 is 17.2 Å². The number of fused-ring (bicyclic) bond motifs is 5. The second-order valence-electron chi connectivity index (χ2n) is 19.4. The summed E-state index contributed by atoms with van der Waals surface area (Å²) in [5.74, 6) is 1.67. The number of allylic oxidation sites excluding steroid dienone is 2. The molecular formula is C56H59Cl2HfSi. The zero-order chi connectivity index (χ0) is 42.1. The van der Waals surface area contributed by atoms with Crippen molar-refractivity contribution in [3.63, 3.8) is 0 Å². The molecule has 0 radical (unpaired) electrons. The Balaban J connectivity index is 1.38. The van der Waals surface area contributed by atoms with Crippen LogP contribution in [0.25, 0.3) is 45.5 Å². The summed E-state index contributed by atoms with van der Waals surface area (Å²) < 4.78 is 1.14. The molecule has 6 aromatic rings. The maximum absolute atomic E-state index is 9.46. The summed E-state index contributed by atoms with van der Waals surface area (Å²) in [7, 11) is 18.0. The van der Waals surface area contributed by atoms with E-state index in [1.165, 1.54) is 91.6 Å². The average molecular weight is 1010 g/mol. The van der Waals surface area contributed by atoms with Gasteiger partial charge in [-0.15, -0.1) is 0 Å². The molecule has 2 aliphatic carbocycles. The van der Waals surface area contributed by atoms with E-state index >= 15 is 0 Å². The Morgan fingerprint density at radius 3 is 1.37 bits per heavy atom. The molecule has 305 valence electrons. The average Bonchev–Trinajstić information content (AvgIpc) is 3.92. The van der Waals surface area contributed by atoms with E-state index in [2.05, 4.69) is 195 Å². The number of hydrogen-bond acceptors (Lipinski definition) is 0. The van der Waals surface area contributed by atoms with Crippen LogP contribution in [0, 0.1) is 11.8 Å². The second kappa shape index (κ2) is 16.0. The molecule has 1 aliphatic heterocycles. The van der Waals surface area contributed by atoms with Crippen LogP contribution < -0.4 is 13.7 Å². The van der Waals surface area contributed by atoms with Crippen molar-refractivity contribution in [1.82, 2.24) is 0 Å². The maximum atomic E-state index is 9.46. The Bertz CT molecular complexity index is 2580. The Kier molecular flexibility index (Phi) is 11.1. The van der Waals surface area contributed by atoms with Gasteiger partial charge in [-0.2, -0.15) is 0 Å². The van der Waals surface area contributed by atoms with Gasteiger partial charge in [0.25, 0.3) is 0 Å². The molecule has 0 saturated heterocycles. The molecule has 2 atom stereocenters. The molecule has 0 spiro atoms. The van der Waals surface area contributed by atoms with Gasteiger partial charge in [0.15, 0.2) is 0 Å². The monoisotopic (exact) mass is 1010 g/mol. The summed E-state index contributed by atoms with van der Waals surface area (Å²) in [6.07, 6.45) is 7.01. The molecule has 0 nitrogen and oxygen atoms in total. The van der Waals surface area contributed by atoms with Crippen molar-refractivity contribution >= 4 is 52.5 Å². The topological polar surface area (TPSA) is 0 Å². The van der Waals surface area contributed by atoms with E-state index < -0.39 is 25.7 Å². The first-order valence-electron chi connectivity index (χ1n) is 22.4. The van der Waals surface area contributed by atoms with Gasteiger partial charge >= 0.3 is 373 Å². The van der Waals surface area contributed by atoms with Gasteiger partial charge in [-0.25, -0.2) is 0 Å². The van der Waals surface area contributed by atoms with Crippen molar-refractivity contribution in [2.45, 2.75) is 87.4 Å².